The number of nitrogens with zero attached hydrogens (tertiary/aromatic N) is 3. The highest BCUT2D eigenvalue weighted by atomic mass is 15.4. The van der Waals surface area contributed by atoms with E-state index in [2.05, 4.69) is 23.8 Å². The van der Waals surface area contributed by atoms with E-state index in [0.717, 1.165) is 36.6 Å². The molecule has 0 aromatic carbocycles. The van der Waals surface area contributed by atoms with Gasteiger partial charge in [-0.3, -0.25) is 4.68 Å². The normalized spacial score (nSPS) is 10.6. The minimum atomic E-state index is 0.832. The van der Waals surface area contributed by atoms with Crippen LogP contribution in [-0.2, 0) is 13.5 Å². The van der Waals surface area contributed by atoms with Crippen molar-refractivity contribution < 1.29 is 0 Å². The molecule has 0 radical (unpaired) electrons. The molecular weight excluding hydrogens is 176 g/mol. The van der Waals surface area contributed by atoms with Crippen LogP contribution in [0.25, 0.3) is 0 Å². The van der Waals surface area contributed by atoms with Gasteiger partial charge >= 0.3 is 0 Å². The summed E-state index contributed by atoms with van der Waals surface area (Å²) in [5.41, 5.74) is 7.89. The van der Waals surface area contributed by atoms with Crippen molar-refractivity contribution in [3.8, 4) is 0 Å². The summed E-state index contributed by atoms with van der Waals surface area (Å²) in [6.45, 7) is 5.18. The van der Waals surface area contributed by atoms with Gasteiger partial charge in [-0.05, 0) is 13.3 Å². The summed E-state index contributed by atoms with van der Waals surface area (Å²) in [6.07, 6.45) is 2.04. The SMILES string of the molecule is CCCc1nn(C)c(N(C)CC)c1N. The van der Waals surface area contributed by atoms with Gasteiger partial charge < -0.3 is 10.6 Å². The van der Waals surface area contributed by atoms with Crippen molar-refractivity contribution in [3.63, 3.8) is 0 Å². The predicted molar refractivity (Wildman–Crippen MR) is 60.6 cm³/mol. The number of aryl methyl sites for hydroxylation is 2. The number of anilines is 2. The summed E-state index contributed by atoms with van der Waals surface area (Å²) >= 11 is 0. The maximum absolute atomic E-state index is 6.04. The molecule has 0 saturated carbocycles. The molecule has 0 aliphatic heterocycles. The summed E-state index contributed by atoms with van der Waals surface area (Å²) in [6, 6.07) is 0. The Balaban J connectivity index is 3.04. The zero-order chi connectivity index (χ0) is 10.7. The molecule has 2 N–H and O–H groups in total. The Morgan fingerprint density at radius 2 is 2.07 bits per heavy atom. The van der Waals surface area contributed by atoms with Gasteiger partial charge in [-0.25, -0.2) is 0 Å². The average Bonchev–Trinajstić information content (AvgIpc) is 2.42. The van der Waals surface area contributed by atoms with Crippen LogP contribution in [0.2, 0.25) is 0 Å². The zero-order valence-electron chi connectivity index (χ0n) is 9.54. The van der Waals surface area contributed by atoms with Gasteiger partial charge in [-0.15, -0.1) is 0 Å². The van der Waals surface area contributed by atoms with Crippen molar-refractivity contribution in [1.29, 1.82) is 0 Å². The second kappa shape index (κ2) is 4.35. The summed E-state index contributed by atoms with van der Waals surface area (Å²) in [7, 11) is 3.97. The number of aromatic nitrogens is 2. The number of hydrogen-bond donors (Lipinski definition) is 1. The molecule has 0 unspecified atom stereocenters. The number of hydrogen-bond acceptors (Lipinski definition) is 3. The Hall–Kier alpha value is -1.19. The maximum Gasteiger partial charge on any atom is 0.150 e. The molecule has 80 valence electrons. The first kappa shape index (κ1) is 10.9. The second-order valence-electron chi connectivity index (χ2n) is 3.57. The summed E-state index contributed by atoms with van der Waals surface area (Å²) in [4.78, 5) is 2.11. The largest absolute Gasteiger partial charge is 0.394 e. The molecule has 0 bridgehead atoms. The minimum absolute atomic E-state index is 0.832. The Labute approximate surface area is 85.7 Å². The van der Waals surface area contributed by atoms with E-state index in [9.17, 15) is 0 Å². The van der Waals surface area contributed by atoms with Crippen LogP contribution in [0.15, 0.2) is 0 Å². The lowest BCUT2D eigenvalue weighted by Gasteiger charge is -2.17. The molecule has 0 fully saturated rings. The van der Waals surface area contributed by atoms with Gasteiger partial charge in [0.1, 0.15) is 5.82 Å². The first-order chi connectivity index (χ1) is 6.61. The lowest BCUT2D eigenvalue weighted by atomic mass is 10.2. The van der Waals surface area contributed by atoms with Crippen LogP contribution >= 0.6 is 0 Å². The zero-order valence-corrected chi connectivity index (χ0v) is 9.54. The topological polar surface area (TPSA) is 47.1 Å². The Morgan fingerprint density at radius 1 is 1.43 bits per heavy atom. The van der Waals surface area contributed by atoms with Gasteiger partial charge in [0.2, 0.25) is 0 Å². The minimum Gasteiger partial charge on any atom is -0.394 e. The van der Waals surface area contributed by atoms with E-state index in [1.54, 1.807) is 0 Å². The molecule has 1 heterocycles. The summed E-state index contributed by atoms with van der Waals surface area (Å²) in [5.74, 6) is 1.02. The number of nitrogen functional groups attached to an aromatic ring is 1. The molecule has 0 spiro atoms. The molecule has 4 heteroatoms. The molecule has 0 aliphatic rings. The quantitative estimate of drug-likeness (QED) is 0.792. The molecule has 1 aromatic rings. The third kappa shape index (κ3) is 1.84. The van der Waals surface area contributed by atoms with Crippen LogP contribution in [0, 0.1) is 0 Å². The Kier molecular flexibility index (Phi) is 3.38. The Morgan fingerprint density at radius 3 is 2.57 bits per heavy atom. The van der Waals surface area contributed by atoms with Gasteiger partial charge in [0.15, 0.2) is 0 Å². The van der Waals surface area contributed by atoms with Crippen molar-refractivity contribution in [3.05, 3.63) is 5.69 Å². The molecule has 1 aromatic heterocycles. The molecule has 0 amide bonds. The fraction of sp³-hybridized carbons (Fsp3) is 0.700. The van der Waals surface area contributed by atoms with E-state index in [0.29, 0.717) is 0 Å². The second-order valence-corrected chi connectivity index (χ2v) is 3.57. The molecular formula is C10H20N4. The van der Waals surface area contributed by atoms with Crippen LogP contribution in [0.1, 0.15) is 26.0 Å². The van der Waals surface area contributed by atoms with Crippen molar-refractivity contribution in [2.45, 2.75) is 26.7 Å². The predicted octanol–water partition coefficient (Wildman–Crippen LogP) is 1.41. The lowest BCUT2D eigenvalue weighted by Crippen LogP contribution is -2.20. The summed E-state index contributed by atoms with van der Waals surface area (Å²) < 4.78 is 1.86. The van der Waals surface area contributed by atoms with Crippen LogP contribution in [0.4, 0.5) is 11.5 Å². The summed E-state index contributed by atoms with van der Waals surface area (Å²) in [5, 5.41) is 4.42. The van der Waals surface area contributed by atoms with Crippen molar-refractivity contribution in [1.82, 2.24) is 9.78 Å². The van der Waals surface area contributed by atoms with Gasteiger partial charge in [0.25, 0.3) is 0 Å². The van der Waals surface area contributed by atoms with Crippen LogP contribution in [-0.4, -0.2) is 23.4 Å². The number of rotatable bonds is 4. The molecule has 0 atom stereocenters. The Bertz CT molecular complexity index is 303. The fourth-order valence-corrected chi connectivity index (χ4v) is 1.61. The van der Waals surface area contributed by atoms with E-state index < -0.39 is 0 Å². The third-order valence-electron chi connectivity index (χ3n) is 2.45. The van der Waals surface area contributed by atoms with E-state index in [1.807, 2.05) is 18.8 Å². The number of nitrogens with two attached hydrogens (primary N) is 1. The van der Waals surface area contributed by atoms with E-state index in [1.165, 1.54) is 0 Å². The first-order valence-corrected chi connectivity index (χ1v) is 5.14. The molecule has 0 saturated heterocycles. The molecule has 1 rings (SSSR count). The highest BCUT2D eigenvalue weighted by Gasteiger charge is 2.14. The van der Waals surface area contributed by atoms with Crippen molar-refractivity contribution in [2.24, 2.45) is 7.05 Å². The third-order valence-corrected chi connectivity index (χ3v) is 2.45. The molecule has 4 nitrogen and oxygen atoms in total. The highest BCUT2D eigenvalue weighted by molar-refractivity contribution is 5.66. The molecule has 0 aliphatic carbocycles. The highest BCUT2D eigenvalue weighted by Crippen LogP contribution is 2.25. The van der Waals surface area contributed by atoms with Gasteiger partial charge in [0.05, 0.1) is 11.4 Å². The van der Waals surface area contributed by atoms with Crippen LogP contribution < -0.4 is 10.6 Å². The van der Waals surface area contributed by atoms with Gasteiger partial charge in [0, 0.05) is 20.6 Å². The van der Waals surface area contributed by atoms with E-state index in [-0.39, 0.29) is 0 Å². The average molecular weight is 196 g/mol. The standard InChI is InChI=1S/C10H20N4/c1-5-7-8-9(11)10(13(3)6-2)14(4)12-8/h5-7,11H2,1-4H3. The van der Waals surface area contributed by atoms with Gasteiger partial charge in [-0.2, -0.15) is 5.10 Å². The monoisotopic (exact) mass is 196 g/mol. The maximum atomic E-state index is 6.04. The smallest absolute Gasteiger partial charge is 0.150 e. The van der Waals surface area contributed by atoms with Crippen molar-refractivity contribution in [2.75, 3.05) is 24.2 Å². The fourth-order valence-electron chi connectivity index (χ4n) is 1.61. The van der Waals surface area contributed by atoms with Crippen molar-refractivity contribution >= 4 is 11.5 Å². The molecule has 14 heavy (non-hydrogen) atoms. The van der Waals surface area contributed by atoms with E-state index in [4.69, 9.17) is 5.73 Å². The van der Waals surface area contributed by atoms with E-state index >= 15 is 0 Å². The van der Waals surface area contributed by atoms with Crippen LogP contribution in [0.5, 0.6) is 0 Å². The first-order valence-electron chi connectivity index (χ1n) is 5.14. The van der Waals surface area contributed by atoms with Gasteiger partial charge in [-0.1, -0.05) is 13.3 Å². The van der Waals surface area contributed by atoms with Crippen LogP contribution in [0.3, 0.4) is 0 Å². The lowest BCUT2D eigenvalue weighted by molar-refractivity contribution is 0.717.